The second-order valence-corrected chi connectivity index (χ2v) is 3.69. The topological polar surface area (TPSA) is 41.3 Å². The Balaban J connectivity index is 2.00. The summed E-state index contributed by atoms with van der Waals surface area (Å²) in [6.07, 6.45) is 5.65. The zero-order valence-electron chi connectivity index (χ0n) is 8.62. The van der Waals surface area contributed by atoms with Gasteiger partial charge < -0.3 is 14.6 Å². The van der Waals surface area contributed by atoms with E-state index in [1.54, 1.807) is 6.20 Å². The molecule has 0 unspecified atom stereocenters. The van der Waals surface area contributed by atoms with Gasteiger partial charge in [0.2, 0.25) is 0 Å². The SMILES string of the molecule is CNCc1cnc(N2CCCCC2)o1. The average Bonchev–Trinajstić information content (AvgIpc) is 2.68. The highest BCUT2D eigenvalue weighted by Gasteiger charge is 2.15. The number of aromatic nitrogens is 1. The van der Waals surface area contributed by atoms with Crippen molar-refractivity contribution in [1.82, 2.24) is 10.3 Å². The van der Waals surface area contributed by atoms with Crippen molar-refractivity contribution in [3.8, 4) is 0 Å². The van der Waals surface area contributed by atoms with E-state index in [1.807, 2.05) is 7.05 Å². The predicted molar refractivity (Wildman–Crippen MR) is 55.3 cm³/mol. The lowest BCUT2D eigenvalue weighted by molar-refractivity contribution is 0.458. The third-order valence-corrected chi connectivity index (χ3v) is 2.52. The van der Waals surface area contributed by atoms with Gasteiger partial charge in [-0.15, -0.1) is 0 Å². The zero-order chi connectivity index (χ0) is 9.80. The molecule has 0 saturated carbocycles. The lowest BCUT2D eigenvalue weighted by Gasteiger charge is -2.24. The summed E-state index contributed by atoms with van der Waals surface area (Å²) >= 11 is 0. The van der Waals surface area contributed by atoms with Crippen LogP contribution in [0.15, 0.2) is 10.6 Å². The second kappa shape index (κ2) is 4.46. The van der Waals surface area contributed by atoms with Crippen molar-refractivity contribution < 1.29 is 4.42 Å². The van der Waals surface area contributed by atoms with Gasteiger partial charge in [-0.3, -0.25) is 0 Å². The summed E-state index contributed by atoms with van der Waals surface area (Å²) in [5.74, 6) is 0.910. The average molecular weight is 195 g/mol. The van der Waals surface area contributed by atoms with Crippen molar-refractivity contribution >= 4 is 6.01 Å². The molecule has 2 heterocycles. The fraction of sp³-hybridized carbons (Fsp3) is 0.700. The lowest BCUT2D eigenvalue weighted by Crippen LogP contribution is -2.29. The van der Waals surface area contributed by atoms with Crippen molar-refractivity contribution in [2.75, 3.05) is 25.0 Å². The van der Waals surface area contributed by atoms with Crippen LogP contribution in [0.2, 0.25) is 0 Å². The van der Waals surface area contributed by atoms with Crippen LogP contribution in [0.5, 0.6) is 0 Å². The predicted octanol–water partition coefficient (Wildman–Crippen LogP) is 1.38. The molecule has 2 rings (SSSR count). The molecule has 0 aliphatic carbocycles. The molecule has 4 heteroatoms. The summed E-state index contributed by atoms with van der Waals surface area (Å²) in [5.41, 5.74) is 0. The molecule has 1 aromatic rings. The third kappa shape index (κ3) is 2.07. The van der Waals surface area contributed by atoms with Gasteiger partial charge in [0.15, 0.2) is 0 Å². The number of rotatable bonds is 3. The third-order valence-electron chi connectivity index (χ3n) is 2.52. The molecule has 4 nitrogen and oxygen atoms in total. The maximum absolute atomic E-state index is 5.62. The van der Waals surface area contributed by atoms with E-state index in [0.717, 1.165) is 31.4 Å². The van der Waals surface area contributed by atoms with E-state index in [0.29, 0.717) is 0 Å². The largest absolute Gasteiger partial charge is 0.427 e. The minimum absolute atomic E-state index is 0.751. The molecule has 1 aromatic heterocycles. The van der Waals surface area contributed by atoms with E-state index in [4.69, 9.17) is 4.42 Å². The fourth-order valence-electron chi connectivity index (χ4n) is 1.78. The lowest BCUT2D eigenvalue weighted by atomic mass is 10.1. The fourth-order valence-corrected chi connectivity index (χ4v) is 1.78. The smallest absolute Gasteiger partial charge is 0.297 e. The Morgan fingerprint density at radius 3 is 2.93 bits per heavy atom. The number of hydrogen-bond donors (Lipinski definition) is 1. The molecular formula is C10H17N3O. The summed E-state index contributed by atoms with van der Waals surface area (Å²) in [5, 5.41) is 3.05. The van der Waals surface area contributed by atoms with E-state index in [2.05, 4.69) is 15.2 Å². The highest BCUT2D eigenvalue weighted by atomic mass is 16.4. The van der Waals surface area contributed by atoms with E-state index in [1.165, 1.54) is 19.3 Å². The Morgan fingerprint density at radius 1 is 1.43 bits per heavy atom. The monoisotopic (exact) mass is 195 g/mol. The molecule has 1 saturated heterocycles. The van der Waals surface area contributed by atoms with Gasteiger partial charge in [0.1, 0.15) is 5.76 Å². The molecule has 14 heavy (non-hydrogen) atoms. The molecule has 0 spiro atoms. The first-order valence-electron chi connectivity index (χ1n) is 5.24. The standard InChI is InChI=1S/C10H17N3O/c1-11-7-9-8-12-10(14-9)13-5-3-2-4-6-13/h8,11H,2-7H2,1H3. The van der Waals surface area contributed by atoms with Gasteiger partial charge in [-0.05, 0) is 26.3 Å². The van der Waals surface area contributed by atoms with Gasteiger partial charge in [0, 0.05) is 13.1 Å². The first-order chi connectivity index (χ1) is 6.90. The van der Waals surface area contributed by atoms with Gasteiger partial charge >= 0.3 is 0 Å². The van der Waals surface area contributed by atoms with E-state index in [9.17, 15) is 0 Å². The highest BCUT2D eigenvalue weighted by Crippen LogP contribution is 2.19. The van der Waals surface area contributed by atoms with Crippen LogP contribution in [-0.2, 0) is 6.54 Å². The molecule has 78 valence electrons. The van der Waals surface area contributed by atoms with E-state index < -0.39 is 0 Å². The van der Waals surface area contributed by atoms with Crippen LogP contribution in [0.4, 0.5) is 6.01 Å². The highest BCUT2D eigenvalue weighted by molar-refractivity contribution is 5.26. The quantitative estimate of drug-likeness (QED) is 0.791. The van der Waals surface area contributed by atoms with Crippen LogP contribution in [0.25, 0.3) is 0 Å². The maximum atomic E-state index is 5.62. The van der Waals surface area contributed by atoms with Gasteiger partial charge in [-0.2, -0.15) is 0 Å². The molecule has 1 aliphatic rings. The van der Waals surface area contributed by atoms with Crippen molar-refractivity contribution in [3.63, 3.8) is 0 Å². The van der Waals surface area contributed by atoms with Crippen LogP contribution >= 0.6 is 0 Å². The number of anilines is 1. The van der Waals surface area contributed by atoms with Crippen LogP contribution in [-0.4, -0.2) is 25.1 Å². The van der Waals surface area contributed by atoms with Crippen molar-refractivity contribution in [1.29, 1.82) is 0 Å². The van der Waals surface area contributed by atoms with Gasteiger partial charge in [0.05, 0.1) is 12.7 Å². The Kier molecular flexibility index (Phi) is 3.03. The van der Waals surface area contributed by atoms with E-state index in [-0.39, 0.29) is 0 Å². The first kappa shape index (κ1) is 9.52. The number of nitrogens with one attached hydrogen (secondary N) is 1. The summed E-state index contributed by atoms with van der Waals surface area (Å²) in [4.78, 5) is 6.50. The number of nitrogens with zero attached hydrogens (tertiary/aromatic N) is 2. The summed E-state index contributed by atoms with van der Waals surface area (Å²) in [7, 11) is 1.91. The van der Waals surface area contributed by atoms with Gasteiger partial charge in [0.25, 0.3) is 6.01 Å². The van der Waals surface area contributed by atoms with Crippen LogP contribution in [0.3, 0.4) is 0 Å². The maximum Gasteiger partial charge on any atom is 0.297 e. The molecule has 0 bridgehead atoms. The Bertz CT molecular complexity index is 279. The first-order valence-corrected chi connectivity index (χ1v) is 5.24. The van der Waals surface area contributed by atoms with Crippen LogP contribution < -0.4 is 10.2 Å². The van der Waals surface area contributed by atoms with Gasteiger partial charge in [-0.1, -0.05) is 0 Å². The number of hydrogen-bond acceptors (Lipinski definition) is 4. The van der Waals surface area contributed by atoms with Crippen LogP contribution in [0.1, 0.15) is 25.0 Å². The van der Waals surface area contributed by atoms with E-state index >= 15 is 0 Å². The normalized spacial score (nSPS) is 17.4. The van der Waals surface area contributed by atoms with Crippen molar-refractivity contribution in [2.45, 2.75) is 25.8 Å². The molecule has 0 aromatic carbocycles. The minimum atomic E-state index is 0.751. The summed E-state index contributed by atoms with van der Waals surface area (Å²) in [6, 6.07) is 0.787. The summed E-state index contributed by atoms with van der Waals surface area (Å²) < 4.78 is 5.62. The molecule has 1 N–H and O–H groups in total. The molecule has 1 fully saturated rings. The summed E-state index contributed by atoms with van der Waals surface area (Å²) in [6.45, 7) is 2.92. The minimum Gasteiger partial charge on any atom is -0.427 e. The molecular weight excluding hydrogens is 178 g/mol. The van der Waals surface area contributed by atoms with Gasteiger partial charge in [-0.25, -0.2) is 4.98 Å². The Morgan fingerprint density at radius 2 is 2.21 bits per heavy atom. The number of oxazole rings is 1. The Hall–Kier alpha value is -1.03. The van der Waals surface area contributed by atoms with Crippen molar-refractivity contribution in [3.05, 3.63) is 12.0 Å². The molecule has 0 amide bonds. The zero-order valence-corrected chi connectivity index (χ0v) is 8.62. The Labute approximate surface area is 84.3 Å². The molecule has 0 radical (unpaired) electrons. The van der Waals surface area contributed by atoms with Crippen LogP contribution in [0, 0.1) is 0 Å². The molecule has 0 atom stereocenters. The van der Waals surface area contributed by atoms with Crippen molar-refractivity contribution in [2.24, 2.45) is 0 Å². The second-order valence-electron chi connectivity index (χ2n) is 3.69. The number of piperidine rings is 1. The molecule has 1 aliphatic heterocycles.